The van der Waals surface area contributed by atoms with Crippen molar-refractivity contribution in [3.8, 4) is 11.1 Å². The van der Waals surface area contributed by atoms with Crippen LogP contribution < -0.4 is 5.32 Å². The highest BCUT2D eigenvalue weighted by Gasteiger charge is 2.22. The lowest BCUT2D eigenvalue weighted by Gasteiger charge is -2.29. The summed E-state index contributed by atoms with van der Waals surface area (Å²) in [6.45, 7) is 1.75. The molecule has 4 rings (SSSR count). The van der Waals surface area contributed by atoms with E-state index < -0.39 is 0 Å². The molecule has 2 N–H and O–H groups in total. The van der Waals surface area contributed by atoms with Gasteiger partial charge in [0, 0.05) is 23.2 Å². The highest BCUT2D eigenvalue weighted by molar-refractivity contribution is 6.31. The third-order valence-electron chi connectivity index (χ3n) is 5.28. The fourth-order valence-corrected chi connectivity index (χ4v) is 4.14. The number of halogens is 4. The molecule has 3 aromatic rings. The number of aliphatic hydroxyl groups is 1. The standard InChI is InChI=1S/C21H23ClFN3O.2ClH/c22-15-11-17(14-4-1-5-16(23)10-14)21-19(12-15)25-13-26(21)9-3-6-18-20(27)7-2-8-24-18;;/h1,4-5,10-13,18,20,24,27H,2-3,6-9H2;2*1H/t18-,20?;;/m0../s1. The Labute approximate surface area is 187 Å². The van der Waals surface area contributed by atoms with E-state index in [4.69, 9.17) is 11.6 Å². The summed E-state index contributed by atoms with van der Waals surface area (Å²) >= 11 is 6.27. The van der Waals surface area contributed by atoms with Crippen LogP contribution in [0.25, 0.3) is 22.2 Å². The van der Waals surface area contributed by atoms with Gasteiger partial charge < -0.3 is 15.0 Å². The Morgan fingerprint density at radius 2 is 2.07 bits per heavy atom. The number of aromatic nitrogens is 2. The lowest BCUT2D eigenvalue weighted by molar-refractivity contribution is 0.0909. The fraction of sp³-hybridized carbons (Fsp3) is 0.381. The predicted molar refractivity (Wildman–Crippen MR) is 121 cm³/mol. The number of rotatable bonds is 5. The Kier molecular flexibility index (Phi) is 8.73. The van der Waals surface area contributed by atoms with E-state index in [1.165, 1.54) is 12.1 Å². The van der Waals surface area contributed by atoms with Gasteiger partial charge in [-0.3, -0.25) is 0 Å². The lowest BCUT2D eigenvalue weighted by atomic mass is 9.97. The Morgan fingerprint density at radius 1 is 1.24 bits per heavy atom. The van der Waals surface area contributed by atoms with Crippen LogP contribution in [0.3, 0.4) is 0 Å². The maximum atomic E-state index is 13.7. The van der Waals surface area contributed by atoms with Gasteiger partial charge in [-0.25, -0.2) is 9.37 Å². The van der Waals surface area contributed by atoms with Crippen molar-refractivity contribution in [1.82, 2.24) is 14.9 Å². The molecule has 1 aliphatic heterocycles. The molecule has 158 valence electrons. The van der Waals surface area contributed by atoms with Crippen LogP contribution in [-0.2, 0) is 6.54 Å². The number of aryl methyl sites for hydroxylation is 1. The molecule has 0 saturated carbocycles. The fourth-order valence-electron chi connectivity index (χ4n) is 3.93. The first-order chi connectivity index (χ1) is 13.1. The summed E-state index contributed by atoms with van der Waals surface area (Å²) < 4.78 is 15.8. The first-order valence-corrected chi connectivity index (χ1v) is 9.81. The molecule has 29 heavy (non-hydrogen) atoms. The SMILES string of the molecule is Cl.Cl.OC1CCCN[C@H]1CCCn1cnc2cc(Cl)cc(-c3cccc(F)c3)c21. The van der Waals surface area contributed by atoms with Gasteiger partial charge >= 0.3 is 0 Å². The highest BCUT2D eigenvalue weighted by atomic mass is 35.5. The van der Waals surface area contributed by atoms with Crippen LogP contribution in [0.15, 0.2) is 42.7 Å². The zero-order chi connectivity index (χ0) is 18.8. The average Bonchev–Trinajstić information content (AvgIpc) is 3.05. The van der Waals surface area contributed by atoms with Crippen LogP contribution in [0.1, 0.15) is 25.7 Å². The average molecular weight is 461 g/mol. The summed E-state index contributed by atoms with van der Waals surface area (Å²) in [6, 6.07) is 10.4. The van der Waals surface area contributed by atoms with Gasteiger partial charge in [0.1, 0.15) is 5.82 Å². The summed E-state index contributed by atoms with van der Waals surface area (Å²) in [4.78, 5) is 4.49. The Bertz CT molecular complexity index is 950. The zero-order valence-electron chi connectivity index (χ0n) is 15.9. The molecule has 2 aromatic carbocycles. The first kappa shape index (κ1) is 23.9. The Hall–Kier alpha value is -1.37. The van der Waals surface area contributed by atoms with E-state index in [9.17, 15) is 9.50 Å². The summed E-state index contributed by atoms with van der Waals surface area (Å²) in [6.07, 6.45) is 5.28. The molecule has 0 spiro atoms. The van der Waals surface area contributed by atoms with Gasteiger partial charge in [-0.05, 0) is 62.1 Å². The van der Waals surface area contributed by atoms with Crippen LogP contribution >= 0.6 is 36.4 Å². The van der Waals surface area contributed by atoms with E-state index in [0.29, 0.717) is 5.02 Å². The second-order valence-corrected chi connectivity index (χ2v) is 7.62. The molecule has 1 saturated heterocycles. The molecular formula is C21H25Cl3FN3O. The molecule has 0 amide bonds. The summed E-state index contributed by atoms with van der Waals surface area (Å²) in [5.74, 6) is -0.274. The van der Waals surface area contributed by atoms with Crippen molar-refractivity contribution in [1.29, 1.82) is 0 Å². The smallest absolute Gasteiger partial charge is 0.123 e. The molecule has 1 aliphatic rings. The monoisotopic (exact) mass is 459 g/mol. The summed E-state index contributed by atoms with van der Waals surface area (Å²) in [5, 5.41) is 14.1. The van der Waals surface area contributed by atoms with Crippen molar-refractivity contribution in [2.45, 2.75) is 44.4 Å². The van der Waals surface area contributed by atoms with Crippen LogP contribution in [0.5, 0.6) is 0 Å². The summed E-state index contributed by atoms with van der Waals surface area (Å²) in [7, 11) is 0. The second-order valence-electron chi connectivity index (χ2n) is 7.18. The van der Waals surface area contributed by atoms with Gasteiger partial charge in [0.2, 0.25) is 0 Å². The Balaban J connectivity index is 0.00000150. The number of fused-ring (bicyclic) bond motifs is 1. The van der Waals surface area contributed by atoms with E-state index in [1.54, 1.807) is 6.07 Å². The van der Waals surface area contributed by atoms with Crippen LogP contribution in [0.2, 0.25) is 5.02 Å². The predicted octanol–water partition coefficient (Wildman–Crippen LogP) is 5.23. The molecule has 2 atom stereocenters. The minimum absolute atomic E-state index is 0. The van der Waals surface area contributed by atoms with Crippen LogP contribution in [-0.4, -0.2) is 33.3 Å². The van der Waals surface area contributed by atoms with E-state index in [1.807, 2.05) is 24.5 Å². The van der Waals surface area contributed by atoms with E-state index >= 15 is 0 Å². The molecule has 8 heteroatoms. The van der Waals surface area contributed by atoms with E-state index in [-0.39, 0.29) is 42.8 Å². The normalized spacial score (nSPS) is 18.9. The van der Waals surface area contributed by atoms with Gasteiger partial charge in [-0.15, -0.1) is 24.8 Å². The highest BCUT2D eigenvalue weighted by Crippen LogP contribution is 2.32. The second kappa shape index (κ2) is 10.6. The van der Waals surface area contributed by atoms with Crippen LogP contribution in [0.4, 0.5) is 4.39 Å². The third-order valence-corrected chi connectivity index (χ3v) is 5.49. The molecule has 1 unspecified atom stereocenters. The topological polar surface area (TPSA) is 50.1 Å². The molecular weight excluding hydrogens is 436 g/mol. The van der Waals surface area contributed by atoms with Gasteiger partial charge in [-0.1, -0.05) is 23.7 Å². The number of nitrogens with one attached hydrogen (secondary N) is 1. The molecule has 1 aromatic heterocycles. The largest absolute Gasteiger partial charge is 0.392 e. The number of hydrogen-bond donors (Lipinski definition) is 2. The van der Waals surface area contributed by atoms with E-state index in [0.717, 1.165) is 60.9 Å². The minimum Gasteiger partial charge on any atom is -0.392 e. The molecule has 4 nitrogen and oxygen atoms in total. The maximum Gasteiger partial charge on any atom is 0.123 e. The lowest BCUT2D eigenvalue weighted by Crippen LogP contribution is -2.44. The van der Waals surface area contributed by atoms with E-state index in [2.05, 4.69) is 14.9 Å². The number of aliphatic hydroxyl groups excluding tert-OH is 1. The van der Waals surface area contributed by atoms with Crippen molar-refractivity contribution >= 4 is 47.4 Å². The molecule has 2 heterocycles. The molecule has 1 fully saturated rings. The van der Waals surface area contributed by atoms with Crippen molar-refractivity contribution < 1.29 is 9.50 Å². The molecule has 0 aliphatic carbocycles. The number of hydrogen-bond acceptors (Lipinski definition) is 3. The van der Waals surface area contributed by atoms with Crippen molar-refractivity contribution in [3.63, 3.8) is 0 Å². The molecule has 0 radical (unpaired) electrons. The van der Waals surface area contributed by atoms with Gasteiger partial charge in [0.05, 0.1) is 23.5 Å². The van der Waals surface area contributed by atoms with Crippen molar-refractivity contribution in [2.75, 3.05) is 6.54 Å². The number of nitrogens with zero attached hydrogens (tertiary/aromatic N) is 2. The van der Waals surface area contributed by atoms with Crippen LogP contribution in [0, 0.1) is 5.82 Å². The van der Waals surface area contributed by atoms with Gasteiger partial charge in [-0.2, -0.15) is 0 Å². The Morgan fingerprint density at radius 3 is 2.83 bits per heavy atom. The number of piperidine rings is 1. The first-order valence-electron chi connectivity index (χ1n) is 9.43. The quantitative estimate of drug-likeness (QED) is 0.548. The minimum atomic E-state index is -0.274. The van der Waals surface area contributed by atoms with Gasteiger partial charge in [0.15, 0.2) is 0 Å². The zero-order valence-corrected chi connectivity index (χ0v) is 18.2. The van der Waals surface area contributed by atoms with Gasteiger partial charge in [0.25, 0.3) is 0 Å². The third kappa shape index (κ3) is 5.41. The molecule has 0 bridgehead atoms. The summed E-state index contributed by atoms with van der Waals surface area (Å²) in [5.41, 5.74) is 3.43. The number of benzene rings is 2. The van der Waals surface area contributed by atoms with Crippen molar-refractivity contribution in [3.05, 3.63) is 53.6 Å². The maximum absolute atomic E-state index is 13.7. The number of imidazole rings is 1. The van der Waals surface area contributed by atoms with Crippen molar-refractivity contribution in [2.24, 2.45) is 0 Å².